The quantitative estimate of drug-likeness (QED) is 0.826. The van der Waals surface area contributed by atoms with E-state index in [4.69, 9.17) is 9.47 Å². The summed E-state index contributed by atoms with van der Waals surface area (Å²) in [6, 6.07) is 17.9. The van der Waals surface area contributed by atoms with Crippen LogP contribution < -0.4 is 14.8 Å². The normalized spacial score (nSPS) is 11.7. The zero-order valence-electron chi connectivity index (χ0n) is 12.0. The van der Waals surface area contributed by atoms with E-state index in [9.17, 15) is 0 Å². The Morgan fingerprint density at radius 3 is 2.30 bits per heavy atom. The molecule has 3 heteroatoms. The fourth-order valence-corrected chi connectivity index (χ4v) is 1.90. The summed E-state index contributed by atoms with van der Waals surface area (Å²) in [6.45, 7) is 5.39. The smallest absolute Gasteiger partial charge is 0.161 e. The molecule has 0 aliphatic heterocycles. The van der Waals surface area contributed by atoms with Crippen molar-refractivity contribution < 1.29 is 9.47 Å². The van der Waals surface area contributed by atoms with E-state index in [1.807, 2.05) is 68.4 Å². The van der Waals surface area contributed by atoms with Crippen molar-refractivity contribution in [3.63, 3.8) is 0 Å². The number of hydrogen-bond donors (Lipinski definition) is 1. The van der Waals surface area contributed by atoms with Crippen molar-refractivity contribution in [1.82, 2.24) is 0 Å². The molecule has 0 aliphatic carbocycles. The molecule has 0 aliphatic rings. The van der Waals surface area contributed by atoms with Gasteiger partial charge in [0.15, 0.2) is 11.5 Å². The second-order valence-corrected chi connectivity index (χ2v) is 4.56. The predicted octanol–water partition coefficient (Wildman–Crippen LogP) is 3.96. The highest BCUT2D eigenvalue weighted by Crippen LogP contribution is 2.27. The molecule has 0 saturated heterocycles. The Bertz CT molecular complexity index is 513. The van der Waals surface area contributed by atoms with Gasteiger partial charge in [0.2, 0.25) is 0 Å². The van der Waals surface area contributed by atoms with Crippen LogP contribution in [0.3, 0.4) is 0 Å². The Hall–Kier alpha value is -2.16. The standard InChI is InChI=1S/C17H21NO2/c1-3-19-16-11-7-8-12-17(16)20-14(2)13-18-15-9-5-4-6-10-15/h4-12,14,18H,3,13H2,1-2H3. The van der Waals surface area contributed by atoms with E-state index in [0.29, 0.717) is 6.61 Å². The Labute approximate surface area is 120 Å². The molecule has 0 heterocycles. The van der Waals surface area contributed by atoms with Gasteiger partial charge in [-0.25, -0.2) is 0 Å². The molecule has 0 saturated carbocycles. The molecule has 20 heavy (non-hydrogen) atoms. The van der Waals surface area contributed by atoms with Crippen molar-refractivity contribution in [2.45, 2.75) is 20.0 Å². The van der Waals surface area contributed by atoms with Gasteiger partial charge in [-0.15, -0.1) is 0 Å². The highest BCUT2D eigenvalue weighted by molar-refractivity contribution is 5.43. The Morgan fingerprint density at radius 1 is 0.950 bits per heavy atom. The average molecular weight is 271 g/mol. The molecule has 0 amide bonds. The number of ether oxygens (including phenoxy) is 2. The number of para-hydroxylation sites is 3. The molecule has 0 fully saturated rings. The summed E-state index contributed by atoms with van der Waals surface area (Å²) in [5.74, 6) is 1.58. The third-order valence-electron chi connectivity index (χ3n) is 2.84. The summed E-state index contributed by atoms with van der Waals surface area (Å²) in [5.41, 5.74) is 1.10. The molecule has 3 nitrogen and oxygen atoms in total. The third-order valence-corrected chi connectivity index (χ3v) is 2.84. The lowest BCUT2D eigenvalue weighted by Crippen LogP contribution is -2.22. The first kappa shape index (κ1) is 14.3. The van der Waals surface area contributed by atoms with Crippen LogP contribution in [0.1, 0.15) is 13.8 Å². The molecule has 2 aromatic rings. The SMILES string of the molecule is CCOc1ccccc1OC(C)CNc1ccccc1. The summed E-state index contributed by atoms with van der Waals surface area (Å²) in [4.78, 5) is 0. The van der Waals surface area contributed by atoms with E-state index in [2.05, 4.69) is 5.32 Å². The van der Waals surface area contributed by atoms with Gasteiger partial charge in [0, 0.05) is 5.69 Å². The van der Waals surface area contributed by atoms with Crippen LogP contribution in [0.25, 0.3) is 0 Å². The summed E-state index contributed by atoms with van der Waals surface area (Å²) >= 11 is 0. The number of hydrogen-bond acceptors (Lipinski definition) is 3. The number of nitrogens with one attached hydrogen (secondary N) is 1. The lowest BCUT2D eigenvalue weighted by Gasteiger charge is -2.18. The van der Waals surface area contributed by atoms with E-state index < -0.39 is 0 Å². The molecule has 1 atom stereocenters. The molecule has 0 bridgehead atoms. The van der Waals surface area contributed by atoms with Gasteiger partial charge in [-0.2, -0.15) is 0 Å². The topological polar surface area (TPSA) is 30.5 Å². The van der Waals surface area contributed by atoms with Crippen molar-refractivity contribution in [2.75, 3.05) is 18.5 Å². The predicted molar refractivity (Wildman–Crippen MR) is 82.6 cm³/mol. The molecule has 2 rings (SSSR count). The molecule has 1 N–H and O–H groups in total. The van der Waals surface area contributed by atoms with Crippen molar-refractivity contribution in [2.24, 2.45) is 0 Å². The van der Waals surface area contributed by atoms with Gasteiger partial charge in [-0.1, -0.05) is 30.3 Å². The zero-order chi connectivity index (χ0) is 14.2. The maximum absolute atomic E-state index is 5.93. The van der Waals surface area contributed by atoms with Crippen LogP contribution in [0.4, 0.5) is 5.69 Å². The van der Waals surface area contributed by atoms with Crippen LogP contribution in [0.2, 0.25) is 0 Å². The first-order valence-electron chi connectivity index (χ1n) is 6.97. The van der Waals surface area contributed by atoms with Crippen LogP contribution in [0.5, 0.6) is 11.5 Å². The van der Waals surface area contributed by atoms with Gasteiger partial charge >= 0.3 is 0 Å². The Balaban J connectivity index is 1.89. The van der Waals surface area contributed by atoms with Gasteiger partial charge in [0.1, 0.15) is 6.10 Å². The van der Waals surface area contributed by atoms with E-state index in [1.54, 1.807) is 0 Å². The third kappa shape index (κ3) is 4.19. The molecule has 2 aromatic carbocycles. The highest BCUT2D eigenvalue weighted by Gasteiger charge is 2.08. The average Bonchev–Trinajstić information content (AvgIpc) is 2.49. The summed E-state index contributed by atoms with van der Waals surface area (Å²) in [5, 5.41) is 3.35. The number of rotatable bonds is 7. The lowest BCUT2D eigenvalue weighted by molar-refractivity contribution is 0.218. The summed E-state index contributed by atoms with van der Waals surface area (Å²) in [7, 11) is 0. The van der Waals surface area contributed by atoms with Gasteiger partial charge in [-0.05, 0) is 38.1 Å². The lowest BCUT2D eigenvalue weighted by atomic mass is 10.3. The van der Waals surface area contributed by atoms with E-state index in [0.717, 1.165) is 23.7 Å². The first-order valence-corrected chi connectivity index (χ1v) is 6.97. The van der Waals surface area contributed by atoms with E-state index >= 15 is 0 Å². The molecule has 1 unspecified atom stereocenters. The maximum Gasteiger partial charge on any atom is 0.161 e. The summed E-state index contributed by atoms with van der Waals surface area (Å²) in [6.07, 6.45) is 0.0526. The van der Waals surface area contributed by atoms with Crippen molar-refractivity contribution >= 4 is 5.69 Å². The molecule has 106 valence electrons. The molecule has 0 spiro atoms. The van der Waals surface area contributed by atoms with Crippen LogP contribution in [-0.2, 0) is 0 Å². The van der Waals surface area contributed by atoms with Crippen LogP contribution in [0, 0.1) is 0 Å². The van der Waals surface area contributed by atoms with Crippen molar-refractivity contribution in [3.05, 3.63) is 54.6 Å². The van der Waals surface area contributed by atoms with Crippen LogP contribution >= 0.6 is 0 Å². The second kappa shape index (κ2) is 7.43. The first-order chi connectivity index (χ1) is 9.79. The highest BCUT2D eigenvalue weighted by atomic mass is 16.5. The van der Waals surface area contributed by atoms with Gasteiger partial charge in [0.25, 0.3) is 0 Å². The van der Waals surface area contributed by atoms with Gasteiger partial charge in [-0.3, -0.25) is 0 Å². The Morgan fingerprint density at radius 2 is 1.60 bits per heavy atom. The zero-order valence-corrected chi connectivity index (χ0v) is 12.0. The van der Waals surface area contributed by atoms with E-state index in [1.165, 1.54) is 0 Å². The summed E-state index contributed by atoms with van der Waals surface area (Å²) < 4.78 is 11.5. The molecular formula is C17H21NO2. The minimum atomic E-state index is 0.0526. The minimum absolute atomic E-state index is 0.0526. The molecule has 0 radical (unpaired) electrons. The largest absolute Gasteiger partial charge is 0.490 e. The Kier molecular flexibility index (Phi) is 5.30. The fourth-order valence-electron chi connectivity index (χ4n) is 1.90. The van der Waals surface area contributed by atoms with Crippen molar-refractivity contribution in [3.8, 4) is 11.5 Å². The second-order valence-electron chi connectivity index (χ2n) is 4.56. The number of benzene rings is 2. The molecule has 0 aromatic heterocycles. The molecular weight excluding hydrogens is 250 g/mol. The monoisotopic (exact) mass is 271 g/mol. The fraction of sp³-hybridized carbons (Fsp3) is 0.294. The van der Waals surface area contributed by atoms with Crippen molar-refractivity contribution in [1.29, 1.82) is 0 Å². The maximum atomic E-state index is 5.93. The van der Waals surface area contributed by atoms with Gasteiger partial charge in [0.05, 0.1) is 13.2 Å². The van der Waals surface area contributed by atoms with Crippen LogP contribution in [0.15, 0.2) is 54.6 Å². The number of anilines is 1. The minimum Gasteiger partial charge on any atom is -0.490 e. The van der Waals surface area contributed by atoms with Gasteiger partial charge < -0.3 is 14.8 Å². The van der Waals surface area contributed by atoms with Crippen LogP contribution in [-0.4, -0.2) is 19.3 Å². The van der Waals surface area contributed by atoms with E-state index in [-0.39, 0.29) is 6.10 Å².